The van der Waals surface area contributed by atoms with E-state index in [1.54, 1.807) is 32.3 Å². The minimum Gasteiger partial charge on any atom is -0.445 e. The molecule has 2 rings (SSSR count). The molecule has 0 radical (unpaired) electrons. The normalized spacial score (nSPS) is 11.5. The molecule has 1 atom stereocenters. The molecule has 1 heterocycles. The molecular formula is C18H20ClN3O3. The summed E-state index contributed by atoms with van der Waals surface area (Å²) in [5.41, 5.74) is 1.73. The maximum atomic E-state index is 12.3. The summed E-state index contributed by atoms with van der Waals surface area (Å²) in [7, 11) is 1.66. The molecule has 0 aliphatic rings. The van der Waals surface area contributed by atoms with Gasteiger partial charge in [-0.3, -0.25) is 4.79 Å². The van der Waals surface area contributed by atoms with Crippen LogP contribution in [0.3, 0.4) is 0 Å². The van der Waals surface area contributed by atoms with E-state index in [0.29, 0.717) is 11.7 Å². The maximum Gasteiger partial charge on any atom is 0.408 e. The first-order valence-electron chi connectivity index (χ1n) is 7.78. The van der Waals surface area contributed by atoms with Crippen LogP contribution in [0.15, 0.2) is 48.7 Å². The molecule has 0 bridgehead atoms. The zero-order valence-electron chi connectivity index (χ0n) is 14.1. The first-order chi connectivity index (χ1) is 12.0. The van der Waals surface area contributed by atoms with Crippen molar-refractivity contribution in [2.24, 2.45) is 0 Å². The van der Waals surface area contributed by atoms with Crippen LogP contribution in [0.25, 0.3) is 0 Å². The second kappa shape index (κ2) is 9.03. The Hall–Kier alpha value is -2.60. The van der Waals surface area contributed by atoms with Crippen LogP contribution >= 0.6 is 11.6 Å². The summed E-state index contributed by atoms with van der Waals surface area (Å²) >= 11 is 5.74. The van der Waals surface area contributed by atoms with Gasteiger partial charge in [0.2, 0.25) is 5.91 Å². The highest BCUT2D eigenvalue weighted by Gasteiger charge is 2.20. The van der Waals surface area contributed by atoms with Crippen molar-refractivity contribution < 1.29 is 14.3 Å². The largest absolute Gasteiger partial charge is 0.445 e. The average molecular weight is 362 g/mol. The Morgan fingerprint density at radius 2 is 1.92 bits per heavy atom. The summed E-state index contributed by atoms with van der Waals surface area (Å²) in [5, 5.41) is 2.93. The molecule has 7 heteroatoms. The van der Waals surface area contributed by atoms with Crippen molar-refractivity contribution in [2.75, 3.05) is 7.05 Å². The molecule has 0 saturated heterocycles. The van der Waals surface area contributed by atoms with Gasteiger partial charge in [-0.15, -0.1) is 0 Å². The molecule has 6 nitrogen and oxygen atoms in total. The molecule has 2 amide bonds. The lowest BCUT2D eigenvalue weighted by molar-refractivity contribution is -0.132. The van der Waals surface area contributed by atoms with Crippen molar-refractivity contribution >= 4 is 23.6 Å². The molecule has 0 aliphatic heterocycles. The van der Waals surface area contributed by atoms with Crippen LogP contribution in [-0.4, -0.2) is 35.0 Å². The van der Waals surface area contributed by atoms with Crippen molar-refractivity contribution in [3.63, 3.8) is 0 Å². The monoisotopic (exact) mass is 361 g/mol. The van der Waals surface area contributed by atoms with Crippen molar-refractivity contribution in [1.82, 2.24) is 15.2 Å². The zero-order chi connectivity index (χ0) is 18.2. The Balaban J connectivity index is 1.80. The van der Waals surface area contributed by atoms with Crippen LogP contribution in [0.1, 0.15) is 18.1 Å². The third kappa shape index (κ3) is 6.08. The molecule has 25 heavy (non-hydrogen) atoms. The Kier molecular flexibility index (Phi) is 6.77. The van der Waals surface area contributed by atoms with Crippen LogP contribution < -0.4 is 5.32 Å². The molecule has 0 spiro atoms. The van der Waals surface area contributed by atoms with Crippen molar-refractivity contribution in [2.45, 2.75) is 26.1 Å². The zero-order valence-corrected chi connectivity index (χ0v) is 14.9. The van der Waals surface area contributed by atoms with Crippen LogP contribution in [0.5, 0.6) is 0 Å². The van der Waals surface area contributed by atoms with Gasteiger partial charge in [-0.25, -0.2) is 9.78 Å². The fraction of sp³-hybridized carbons (Fsp3) is 0.278. The number of carbonyl (C=O) groups is 2. The van der Waals surface area contributed by atoms with Gasteiger partial charge in [-0.05, 0) is 24.1 Å². The van der Waals surface area contributed by atoms with E-state index in [2.05, 4.69) is 10.3 Å². The van der Waals surface area contributed by atoms with E-state index in [9.17, 15) is 9.59 Å². The van der Waals surface area contributed by atoms with Gasteiger partial charge in [0.25, 0.3) is 0 Å². The molecule has 0 saturated carbocycles. The molecule has 2 aromatic rings. The summed E-state index contributed by atoms with van der Waals surface area (Å²) in [5.74, 6) is -0.230. The quantitative estimate of drug-likeness (QED) is 0.803. The number of nitrogens with one attached hydrogen (secondary N) is 1. The van der Waals surface area contributed by atoms with E-state index in [1.165, 1.54) is 4.90 Å². The number of ether oxygens (including phenoxy) is 1. The van der Waals surface area contributed by atoms with Gasteiger partial charge < -0.3 is 15.0 Å². The maximum absolute atomic E-state index is 12.3. The van der Waals surface area contributed by atoms with E-state index in [0.717, 1.165) is 11.1 Å². The van der Waals surface area contributed by atoms with Crippen LogP contribution in [0.4, 0.5) is 4.79 Å². The van der Waals surface area contributed by atoms with Gasteiger partial charge in [-0.2, -0.15) is 0 Å². The number of hydrogen-bond acceptors (Lipinski definition) is 4. The predicted molar refractivity (Wildman–Crippen MR) is 94.9 cm³/mol. The first kappa shape index (κ1) is 18.7. The summed E-state index contributed by atoms with van der Waals surface area (Å²) in [6.45, 7) is 2.14. The highest BCUT2D eigenvalue weighted by atomic mass is 35.5. The number of carbonyl (C=O) groups excluding carboxylic acids is 2. The minimum atomic E-state index is -0.700. The van der Waals surface area contributed by atoms with Gasteiger partial charge >= 0.3 is 6.09 Å². The highest BCUT2D eigenvalue weighted by Crippen LogP contribution is 2.08. The third-order valence-corrected chi connectivity index (χ3v) is 3.73. The topological polar surface area (TPSA) is 71.5 Å². The smallest absolute Gasteiger partial charge is 0.408 e. The fourth-order valence-corrected chi connectivity index (χ4v) is 2.30. The summed E-state index contributed by atoms with van der Waals surface area (Å²) in [4.78, 5) is 29.6. The average Bonchev–Trinajstić information content (AvgIpc) is 2.62. The number of aromatic nitrogens is 1. The van der Waals surface area contributed by atoms with E-state index in [4.69, 9.17) is 16.3 Å². The number of pyridine rings is 1. The number of amides is 2. The summed E-state index contributed by atoms with van der Waals surface area (Å²) in [6, 6.07) is 12.1. The van der Waals surface area contributed by atoms with Crippen LogP contribution in [-0.2, 0) is 22.7 Å². The number of halogens is 1. The molecule has 1 aromatic heterocycles. The van der Waals surface area contributed by atoms with E-state index < -0.39 is 12.1 Å². The molecular weight excluding hydrogens is 342 g/mol. The van der Waals surface area contributed by atoms with Crippen LogP contribution in [0, 0.1) is 0 Å². The van der Waals surface area contributed by atoms with Crippen LogP contribution in [0.2, 0.25) is 5.15 Å². The Labute approximate surface area is 151 Å². The lowest BCUT2D eigenvalue weighted by atomic mass is 10.2. The number of alkyl carbamates (subject to hydrolysis) is 1. The van der Waals surface area contributed by atoms with Gasteiger partial charge in [0.15, 0.2) is 0 Å². The second-order valence-corrected chi connectivity index (χ2v) is 6.00. The molecule has 1 aromatic carbocycles. The lowest BCUT2D eigenvalue weighted by Gasteiger charge is -2.22. The first-order valence-corrected chi connectivity index (χ1v) is 8.16. The van der Waals surface area contributed by atoms with E-state index in [1.807, 2.05) is 30.3 Å². The third-order valence-electron chi connectivity index (χ3n) is 3.50. The molecule has 0 aliphatic carbocycles. The Morgan fingerprint density at radius 1 is 1.20 bits per heavy atom. The van der Waals surface area contributed by atoms with E-state index in [-0.39, 0.29) is 12.5 Å². The number of hydrogen-bond donors (Lipinski definition) is 1. The van der Waals surface area contributed by atoms with Gasteiger partial charge in [-0.1, -0.05) is 48.0 Å². The predicted octanol–water partition coefficient (Wildman–Crippen LogP) is 3.01. The number of rotatable bonds is 6. The standard InChI is InChI=1S/C18H20ClN3O3/c1-13(21-18(24)25-12-14-6-4-3-5-7-14)17(23)22(2)11-15-8-9-16(19)20-10-15/h3-10,13H,11-12H2,1-2H3,(H,21,24). The van der Waals surface area contributed by atoms with Crippen molar-refractivity contribution in [1.29, 1.82) is 0 Å². The highest BCUT2D eigenvalue weighted by molar-refractivity contribution is 6.29. The molecule has 1 N–H and O–H groups in total. The lowest BCUT2D eigenvalue weighted by Crippen LogP contribution is -2.45. The number of nitrogens with zero attached hydrogens (tertiary/aromatic N) is 2. The summed E-state index contributed by atoms with van der Waals surface area (Å²) in [6.07, 6.45) is 0.976. The second-order valence-electron chi connectivity index (χ2n) is 5.61. The SMILES string of the molecule is CC(NC(=O)OCc1ccccc1)C(=O)N(C)Cc1ccc(Cl)nc1. The molecule has 0 fully saturated rings. The Bertz CT molecular complexity index is 707. The number of likely N-dealkylation sites (N-methyl/N-ethyl adjacent to an activating group) is 1. The summed E-state index contributed by atoms with van der Waals surface area (Å²) < 4.78 is 5.11. The fourth-order valence-electron chi connectivity index (χ4n) is 2.19. The van der Waals surface area contributed by atoms with Crippen molar-refractivity contribution in [3.05, 3.63) is 64.9 Å². The van der Waals surface area contributed by atoms with E-state index >= 15 is 0 Å². The molecule has 132 valence electrons. The van der Waals surface area contributed by atoms with Gasteiger partial charge in [0.1, 0.15) is 17.8 Å². The Morgan fingerprint density at radius 3 is 2.56 bits per heavy atom. The molecule has 1 unspecified atom stereocenters. The van der Waals surface area contributed by atoms with Gasteiger partial charge in [0.05, 0.1) is 0 Å². The van der Waals surface area contributed by atoms with Crippen molar-refractivity contribution in [3.8, 4) is 0 Å². The van der Waals surface area contributed by atoms with Gasteiger partial charge in [0, 0.05) is 19.8 Å². The number of benzene rings is 1. The minimum absolute atomic E-state index is 0.153.